The molecule has 2 aromatic rings. The van der Waals surface area contributed by atoms with Crippen molar-refractivity contribution in [3.8, 4) is 0 Å². The number of imidazole rings is 1. The summed E-state index contributed by atoms with van der Waals surface area (Å²) < 4.78 is 2.82. The first-order valence-corrected chi connectivity index (χ1v) is 7.35. The van der Waals surface area contributed by atoms with Crippen molar-refractivity contribution in [3.63, 3.8) is 0 Å². The Morgan fingerprint density at radius 3 is 3.00 bits per heavy atom. The molecule has 1 saturated carbocycles. The molecule has 3 rings (SSSR count). The number of fused-ring (bicyclic) bond motifs is 1. The number of rotatable bonds is 3. The summed E-state index contributed by atoms with van der Waals surface area (Å²) in [6.45, 7) is 1.01. The van der Waals surface area contributed by atoms with E-state index in [0.29, 0.717) is 0 Å². The maximum absolute atomic E-state index is 4.48. The van der Waals surface area contributed by atoms with Crippen LogP contribution in [0.25, 0.3) is 5.65 Å². The van der Waals surface area contributed by atoms with Crippen LogP contribution in [0.15, 0.2) is 23.2 Å². The minimum atomic E-state index is 0.787. The summed E-state index contributed by atoms with van der Waals surface area (Å²) in [5, 5.41) is 3.46. The molecule has 0 aromatic carbocycles. The maximum Gasteiger partial charge on any atom is 0.180 e. The average molecular weight is 309 g/mol. The van der Waals surface area contributed by atoms with Crippen LogP contribution >= 0.6 is 15.9 Å². The van der Waals surface area contributed by atoms with E-state index in [2.05, 4.69) is 31.2 Å². The van der Waals surface area contributed by atoms with Crippen molar-refractivity contribution in [2.75, 3.05) is 11.9 Å². The second-order valence-electron chi connectivity index (χ2n) is 4.96. The standard InChI is InChI=1S/C13H17BrN4/c14-11-9-18-7-6-15-13(18)12(17-11)16-8-10-4-2-1-3-5-10/h6-7,9-10H,1-5,8H2,(H,16,17). The Hall–Kier alpha value is -1.10. The number of hydrogen-bond acceptors (Lipinski definition) is 3. The predicted molar refractivity (Wildman–Crippen MR) is 75.8 cm³/mol. The van der Waals surface area contributed by atoms with Gasteiger partial charge in [-0.25, -0.2) is 9.97 Å². The molecule has 4 nitrogen and oxygen atoms in total. The van der Waals surface area contributed by atoms with Gasteiger partial charge < -0.3 is 9.72 Å². The Morgan fingerprint density at radius 1 is 1.33 bits per heavy atom. The SMILES string of the molecule is Brc1cn2ccnc2c(NCC2CCCCC2)n1. The molecule has 0 atom stereocenters. The van der Waals surface area contributed by atoms with Gasteiger partial charge in [0.15, 0.2) is 11.5 Å². The van der Waals surface area contributed by atoms with E-state index in [9.17, 15) is 0 Å². The Kier molecular flexibility index (Phi) is 3.50. The molecule has 1 aliphatic rings. The average Bonchev–Trinajstić information content (AvgIpc) is 2.85. The Labute approximate surface area is 115 Å². The van der Waals surface area contributed by atoms with Crippen molar-refractivity contribution in [2.24, 2.45) is 5.92 Å². The molecule has 2 aromatic heterocycles. The van der Waals surface area contributed by atoms with E-state index < -0.39 is 0 Å². The normalized spacial score (nSPS) is 17.2. The molecule has 0 aliphatic heterocycles. The van der Waals surface area contributed by atoms with Gasteiger partial charge in [-0.05, 0) is 34.7 Å². The predicted octanol–water partition coefficient (Wildman–Crippen LogP) is 3.48. The highest BCUT2D eigenvalue weighted by atomic mass is 79.9. The number of aromatic nitrogens is 3. The molecule has 0 radical (unpaired) electrons. The van der Waals surface area contributed by atoms with Crippen LogP contribution in [0.2, 0.25) is 0 Å². The molecule has 1 fully saturated rings. The lowest BCUT2D eigenvalue weighted by atomic mass is 9.89. The highest BCUT2D eigenvalue weighted by molar-refractivity contribution is 9.10. The van der Waals surface area contributed by atoms with Gasteiger partial charge in [0, 0.05) is 25.1 Å². The summed E-state index contributed by atoms with van der Waals surface area (Å²) >= 11 is 3.43. The van der Waals surface area contributed by atoms with Crippen molar-refractivity contribution in [1.29, 1.82) is 0 Å². The van der Waals surface area contributed by atoms with Gasteiger partial charge in [0.25, 0.3) is 0 Å². The fourth-order valence-corrected chi connectivity index (χ4v) is 3.05. The zero-order chi connectivity index (χ0) is 12.4. The molecule has 96 valence electrons. The van der Waals surface area contributed by atoms with Gasteiger partial charge in [0.1, 0.15) is 4.60 Å². The molecule has 0 unspecified atom stereocenters. The Morgan fingerprint density at radius 2 is 2.17 bits per heavy atom. The van der Waals surface area contributed by atoms with Crippen LogP contribution in [0.1, 0.15) is 32.1 Å². The maximum atomic E-state index is 4.48. The zero-order valence-electron chi connectivity index (χ0n) is 10.3. The first kappa shape index (κ1) is 12.0. The molecule has 0 bridgehead atoms. The van der Waals surface area contributed by atoms with E-state index in [4.69, 9.17) is 0 Å². The Bertz CT molecular complexity index is 531. The van der Waals surface area contributed by atoms with Crippen LogP contribution in [0.3, 0.4) is 0 Å². The van der Waals surface area contributed by atoms with E-state index in [1.54, 1.807) is 6.20 Å². The second kappa shape index (κ2) is 5.26. The van der Waals surface area contributed by atoms with Gasteiger partial charge in [0.05, 0.1) is 0 Å². The lowest BCUT2D eigenvalue weighted by molar-refractivity contribution is 0.373. The molecule has 1 aliphatic carbocycles. The molecule has 0 saturated heterocycles. The summed E-state index contributed by atoms with van der Waals surface area (Å²) in [5.74, 6) is 1.66. The number of hydrogen-bond donors (Lipinski definition) is 1. The van der Waals surface area contributed by atoms with Crippen molar-refractivity contribution in [1.82, 2.24) is 14.4 Å². The molecular weight excluding hydrogens is 292 g/mol. The van der Waals surface area contributed by atoms with Crippen molar-refractivity contribution < 1.29 is 0 Å². The number of nitrogens with zero attached hydrogens (tertiary/aromatic N) is 3. The van der Waals surface area contributed by atoms with Crippen molar-refractivity contribution >= 4 is 27.4 Å². The minimum absolute atomic E-state index is 0.787. The topological polar surface area (TPSA) is 42.2 Å². The summed E-state index contributed by atoms with van der Waals surface area (Å²) in [7, 11) is 0. The smallest absolute Gasteiger partial charge is 0.180 e. The molecular formula is C13H17BrN4. The number of nitrogens with one attached hydrogen (secondary N) is 1. The highest BCUT2D eigenvalue weighted by Gasteiger charge is 2.14. The highest BCUT2D eigenvalue weighted by Crippen LogP contribution is 2.24. The lowest BCUT2D eigenvalue weighted by Crippen LogP contribution is -2.18. The lowest BCUT2D eigenvalue weighted by Gasteiger charge is -2.22. The molecule has 0 spiro atoms. The summed E-state index contributed by atoms with van der Waals surface area (Å²) in [6.07, 6.45) is 12.5. The Balaban J connectivity index is 1.75. The zero-order valence-corrected chi connectivity index (χ0v) is 11.9. The van der Waals surface area contributed by atoms with Gasteiger partial charge >= 0.3 is 0 Å². The largest absolute Gasteiger partial charge is 0.367 e. The van der Waals surface area contributed by atoms with Crippen LogP contribution in [-0.4, -0.2) is 20.9 Å². The fraction of sp³-hybridized carbons (Fsp3) is 0.538. The third kappa shape index (κ3) is 2.51. The number of anilines is 1. The third-order valence-electron chi connectivity index (χ3n) is 3.63. The monoisotopic (exact) mass is 308 g/mol. The summed E-state index contributed by atoms with van der Waals surface area (Å²) in [4.78, 5) is 8.82. The third-order valence-corrected chi connectivity index (χ3v) is 4.01. The van der Waals surface area contributed by atoms with E-state index in [-0.39, 0.29) is 0 Å². The fourth-order valence-electron chi connectivity index (χ4n) is 2.65. The van der Waals surface area contributed by atoms with Crippen molar-refractivity contribution in [2.45, 2.75) is 32.1 Å². The first-order valence-electron chi connectivity index (χ1n) is 6.56. The van der Waals surface area contributed by atoms with E-state index in [1.807, 2.05) is 16.8 Å². The van der Waals surface area contributed by atoms with Crippen LogP contribution in [0.4, 0.5) is 5.82 Å². The summed E-state index contributed by atoms with van der Waals surface area (Å²) in [5.41, 5.74) is 0.897. The second-order valence-corrected chi connectivity index (χ2v) is 5.77. The van der Waals surface area contributed by atoms with Crippen molar-refractivity contribution in [3.05, 3.63) is 23.2 Å². The van der Waals surface area contributed by atoms with Crippen LogP contribution in [0.5, 0.6) is 0 Å². The van der Waals surface area contributed by atoms with Crippen LogP contribution in [-0.2, 0) is 0 Å². The number of halogens is 1. The van der Waals surface area contributed by atoms with E-state index in [1.165, 1.54) is 32.1 Å². The van der Waals surface area contributed by atoms with E-state index in [0.717, 1.165) is 28.5 Å². The molecule has 2 heterocycles. The van der Waals surface area contributed by atoms with E-state index >= 15 is 0 Å². The minimum Gasteiger partial charge on any atom is -0.367 e. The molecule has 5 heteroatoms. The molecule has 1 N–H and O–H groups in total. The summed E-state index contributed by atoms with van der Waals surface area (Å²) in [6, 6.07) is 0. The van der Waals surface area contributed by atoms with Crippen LogP contribution in [0, 0.1) is 5.92 Å². The quantitative estimate of drug-likeness (QED) is 0.944. The van der Waals surface area contributed by atoms with Crippen LogP contribution < -0.4 is 5.32 Å². The van der Waals surface area contributed by atoms with Gasteiger partial charge in [-0.2, -0.15) is 0 Å². The molecule has 18 heavy (non-hydrogen) atoms. The molecule has 0 amide bonds. The van der Waals surface area contributed by atoms with Gasteiger partial charge in [-0.1, -0.05) is 19.3 Å². The first-order chi connectivity index (χ1) is 8.83. The van der Waals surface area contributed by atoms with Gasteiger partial charge in [0.2, 0.25) is 0 Å². The van der Waals surface area contributed by atoms with Gasteiger partial charge in [-0.15, -0.1) is 0 Å². The van der Waals surface area contributed by atoms with Gasteiger partial charge in [-0.3, -0.25) is 0 Å².